The molecule has 1 aromatic carbocycles. The zero-order valence-electron chi connectivity index (χ0n) is 12.4. The summed E-state index contributed by atoms with van der Waals surface area (Å²) in [5.74, 6) is 0.968. The van der Waals surface area contributed by atoms with Gasteiger partial charge >= 0.3 is 0 Å². The first-order valence-corrected chi connectivity index (χ1v) is 6.80. The maximum absolute atomic E-state index is 12.1. The summed E-state index contributed by atoms with van der Waals surface area (Å²) < 4.78 is 5.17. The van der Waals surface area contributed by atoms with Gasteiger partial charge in [-0.05, 0) is 43.0 Å². The van der Waals surface area contributed by atoms with Gasteiger partial charge in [-0.25, -0.2) is 0 Å². The summed E-state index contributed by atoms with van der Waals surface area (Å²) in [7, 11) is 0. The number of aromatic nitrogens is 1. The number of carbonyl (C=O) groups is 1. The third kappa shape index (κ3) is 3.47. The van der Waals surface area contributed by atoms with E-state index in [-0.39, 0.29) is 5.91 Å². The molecule has 0 saturated carbocycles. The largest absolute Gasteiger partial charge is 0.361 e. The predicted octanol–water partition coefficient (Wildman–Crippen LogP) is 3.74. The average molecular weight is 272 g/mol. The Balaban J connectivity index is 2.07. The topological polar surface area (TPSA) is 55.1 Å². The highest BCUT2D eigenvalue weighted by Gasteiger charge is 2.13. The highest BCUT2D eigenvalue weighted by molar-refractivity contribution is 6.02. The molecule has 0 aliphatic rings. The van der Waals surface area contributed by atoms with Gasteiger partial charge in [-0.15, -0.1) is 0 Å². The highest BCUT2D eigenvalue weighted by atomic mass is 16.5. The summed E-state index contributed by atoms with van der Waals surface area (Å²) in [6.45, 7) is 8.24. The number of nitrogens with zero attached hydrogens (tertiary/aromatic N) is 1. The number of benzene rings is 1. The van der Waals surface area contributed by atoms with E-state index in [1.807, 2.05) is 32.0 Å². The van der Waals surface area contributed by atoms with Crippen LogP contribution in [0.25, 0.3) is 0 Å². The molecule has 0 bridgehead atoms. The standard InChI is InChI=1S/C16H20N2O2/c1-10(2)7-14-9-15(18-20-14)16(19)17-13-6-5-11(3)12(4)8-13/h5-6,8-10H,7H2,1-4H3,(H,17,19). The lowest BCUT2D eigenvalue weighted by Crippen LogP contribution is -2.12. The molecule has 20 heavy (non-hydrogen) atoms. The molecule has 106 valence electrons. The van der Waals surface area contributed by atoms with Crippen molar-refractivity contribution in [2.24, 2.45) is 5.92 Å². The van der Waals surface area contributed by atoms with Gasteiger partial charge in [0, 0.05) is 18.2 Å². The molecule has 0 saturated heterocycles. The minimum absolute atomic E-state index is 0.244. The van der Waals surface area contributed by atoms with E-state index in [1.54, 1.807) is 6.07 Å². The molecule has 0 aliphatic carbocycles. The molecule has 0 aliphatic heterocycles. The summed E-state index contributed by atoms with van der Waals surface area (Å²) in [6.07, 6.45) is 0.782. The molecule has 2 rings (SSSR count). The number of nitrogens with one attached hydrogen (secondary N) is 1. The number of carbonyl (C=O) groups excluding carboxylic acids is 1. The van der Waals surface area contributed by atoms with Gasteiger partial charge in [0.05, 0.1) is 0 Å². The van der Waals surface area contributed by atoms with Gasteiger partial charge in [-0.1, -0.05) is 25.1 Å². The van der Waals surface area contributed by atoms with Crippen molar-refractivity contribution in [1.29, 1.82) is 0 Å². The predicted molar refractivity (Wildman–Crippen MR) is 78.9 cm³/mol. The zero-order chi connectivity index (χ0) is 14.7. The van der Waals surface area contributed by atoms with Crippen LogP contribution in [0, 0.1) is 19.8 Å². The number of rotatable bonds is 4. The number of hydrogen-bond donors (Lipinski definition) is 1. The van der Waals surface area contributed by atoms with Crippen molar-refractivity contribution in [3.8, 4) is 0 Å². The van der Waals surface area contributed by atoms with Gasteiger partial charge in [0.2, 0.25) is 0 Å². The second-order valence-electron chi connectivity index (χ2n) is 5.53. The minimum Gasteiger partial charge on any atom is -0.361 e. The van der Waals surface area contributed by atoms with Gasteiger partial charge in [-0.2, -0.15) is 0 Å². The monoisotopic (exact) mass is 272 g/mol. The van der Waals surface area contributed by atoms with Crippen LogP contribution < -0.4 is 5.32 Å². The summed E-state index contributed by atoms with van der Waals surface area (Å²) in [4.78, 5) is 12.1. The second kappa shape index (κ2) is 5.90. The second-order valence-corrected chi connectivity index (χ2v) is 5.53. The Morgan fingerprint density at radius 2 is 2.00 bits per heavy atom. The Labute approximate surface area is 119 Å². The number of hydrogen-bond acceptors (Lipinski definition) is 3. The van der Waals surface area contributed by atoms with Crippen LogP contribution in [0.2, 0.25) is 0 Å². The Bertz CT molecular complexity index is 615. The van der Waals surface area contributed by atoms with E-state index in [0.717, 1.165) is 23.4 Å². The Kier molecular flexibility index (Phi) is 4.23. The average Bonchev–Trinajstić information content (AvgIpc) is 2.81. The smallest absolute Gasteiger partial charge is 0.277 e. The van der Waals surface area contributed by atoms with E-state index in [9.17, 15) is 4.79 Å². The van der Waals surface area contributed by atoms with Crippen molar-refractivity contribution in [2.75, 3.05) is 5.32 Å². The van der Waals surface area contributed by atoms with Crippen LogP contribution in [-0.2, 0) is 6.42 Å². The van der Waals surface area contributed by atoms with Crippen LogP contribution in [0.15, 0.2) is 28.8 Å². The Morgan fingerprint density at radius 1 is 1.25 bits per heavy atom. The Morgan fingerprint density at radius 3 is 2.65 bits per heavy atom. The molecule has 0 radical (unpaired) electrons. The van der Waals surface area contributed by atoms with Crippen LogP contribution in [0.3, 0.4) is 0 Å². The molecule has 1 amide bonds. The first-order valence-electron chi connectivity index (χ1n) is 6.80. The van der Waals surface area contributed by atoms with E-state index in [4.69, 9.17) is 4.52 Å². The first kappa shape index (κ1) is 14.3. The van der Waals surface area contributed by atoms with Crippen LogP contribution in [0.4, 0.5) is 5.69 Å². The summed E-state index contributed by atoms with van der Waals surface area (Å²) >= 11 is 0. The molecular weight excluding hydrogens is 252 g/mol. The molecule has 0 atom stereocenters. The normalized spacial score (nSPS) is 10.8. The molecule has 0 fully saturated rings. The van der Waals surface area contributed by atoms with E-state index >= 15 is 0 Å². The SMILES string of the molecule is Cc1ccc(NC(=O)c2cc(CC(C)C)on2)cc1C. The first-order chi connectivity index (χ1) is 9.45. The molecule has 1 N–H and O–H groups in total. The lowest BCUT2D eigenvalue weighted by atomic mass is 10.1. The van der Waals surface area contributed by atoms with Crippen LogP contribution in [0.1, 0.15) is 41.2 Å². The van der Waals surface area contributed by atoms with Crippen molar-refractivity contribution in [3.63, 3.8) is 0 Å². The summed E-state index contributed by atoms with van der Waals surface area (Å²) in [6, 6.07) is 7.52. The minimum atomic E-state index is -0.244. The third-order valence-corrected chi connectivity index (χ3v) is 3.17. The quantitative estimate of drug-likeness (QED) is 0.922. The molecular formula is C16H20N2O2. The van der Waals surface area contributed by atoms with E-state index < -0.39 is 0 Å². The number of amides is 1. The third-order valence-electron chi connectivity index (χ3n) is 3.17. The van der Waals surface area contributed by atoms with Crippen LogP contribution >= 0.6 is 0 Å². The molecule has 2 aromatic rings. The highest BCUT2D eigenvalue weighted by Crippen LogP contribution is 2.16. The Hall–Kier alpha value is -2.10. The van der Waals surface area contributed by atoms with Crippen molar-refractivity contribution in [3.05, 3.63) is 46.8 Å². The van der Waals surface area contributed by atoms with Crippen molar-refractivity contribution in [2.45, 2.75) is 34.1 Å². The van der Waals surface area contributed by atoms with E-state index in [2.05, 4.69) is 24.3 Å². The maximum atomic E-state index is 12.1. The van der Waals surface area contributed by atoms with Crippen LogP contribution in [-0.4, -0.2) is 11.1 Å². The lowest BCUT2D eigenvalue weighted by molar-refractivity contribution is 0.101. The number of aryl methyl sites for hydroxylation is 2. The van der Waals surface area contributed by atoms with Gasteiger partial charge < -0.3 is 9.84 Å². The molecule has 1 aromatic heterocycles. The fourth-order valence-corrected chi connectivity index (χ4v) is 1.93. The molecule has 1 heterocycles. The van der Waals surface area contributed by atoms with Crippen molar-refractivity contribution in [1.82, 2.24) is 5.16 Å². The fourth-order valence-electron chi connectivity index (χ4n) is 1.93. The zero-order valence-corrected chi connectivity index (χ0v) is 12.4. The van der Waals surface area contributed by atoms with E-state index in [0.29, 0.717) is 11.6 Å². The van der Waals surface area contributed by atoms with Gasteiger partial charge in [0.15, 0.2) is 5.69 Å². The summed E-state index contributed by atoms with van der Waals surface area (Å²) in [5.41, 5.74) is 3.43. The number of anilines is 1. The lowest BCUT2D eigenvalue weighted by Gasteiger charge is -2.05. The van der Waals surface area contributed by atoms with Crippen LogP contribution in [0.5, 0.6) is 0 Å². The van der Waals surface area contributed by atoms with Crippen molar-refractivity contribution < 1.29 is 9.32 Å². The molecule has 4 heteroatoms. The van der Waals surface area contributed by atoms with Gasteiger partial charge in [0.25, 0.3) is 5.91 Å². The molecule has 0 unspecified atom stereocenters. The fraction of sp³-hybridized carbons (Fsp3) is 0.375. The van der Waals surface area contributed by atoms with E-state index in [1.165, 1.54) is 5.56 Å². The van der Waals surface area contributed by atoms with Gasteiger partial charge in [-0.3, -0.25) is 4.79 Å². The maximum Gasteiger partial charge on any atom is 0.277 e. The molecule has 4 nitrogen and oxygen atoms in total. The summed E-state index contributed by atoms with van der Waals surface area (Å²) in [5, 5.41) is 6.65. The molecule has 0 spiro atoms. The van der Waals surface area contributed by atoms with Gasteiger partial charge in [0.1, 0.15) is 5.76 Å². The van der Waals surface area contributed by atoms with Crippen molar-refractivity contribution >= 4 is 11.6 Å².